The molecule has 0 bridgehead atoms. The molecule has 5 nitrogen and oxygen atoms in total. The summed E-state index contributed by atoms with van der Waals surface area (Å²) in [7, 11) is 0. The molecular weight excluding hydrogens is 298 g/mol. The molecule has 0 radical (unpaired) electrons. The fourth-order valence-electron chi connectivity index (χ4n) is 2.75. The number of para-hydroxylation sites is 1. The third-order valence-electron chi connectivity index (χ3n) is 3.81. The molecule has 0 aliphatic carbocycles. The van der Waals surface area contributed by atoms with Crippen LogP contribution in [0.1, 0.15) is 17.3 Å². The van der Waals surface area contributed by atoms with E-state index in [9.17, 15) is 0 Å². The Labute approximate surface area is 133 Å². The molecule has 22 heavy (non-hydrogen) atoms. The molecule has 0 saturated heterocycles. The van der Waals surface area contributed by atoms with Crippen LogP contribution in [0.3, 0.4) is 0 Å². The highest BCUT2D eigenvalue weighted by Crippen LogP contribution is 2.33. The van der Waals surface area contributed by atoms with Gasteiger partial charge in [0.2, 0.25) is 11.9 Å². The Morgan fingerprint density at radius 1 is 1.14 bits per heavy atom. The first-order valence-electron chi connectivity index (χ1n) is 7.00. The molecule has 0 saturated carbocycles. The third kappa shape index (κ3) is 2.19. The molecule has 0 fully saturated rings. The van der Waals surface area contributed by atoms with Crippen LogP contribution >= 0.6 is 11.6 Å². The number of aliphatic imine (C=N–C) groups is 2. The number of guanidine groups is 2. The first kappa shape index (κ1) is 13.2. The quantitative estimate of drug-likeness (QED) is 0.851. The van der Waals surface area contributed by atoms with Crippen molar-refractivity contribution in [2.45, 2.75) is 12.7 Å². The summed E-state index contributed by atoms with van der Waals surface area (Å²) in [5.41, 5.74) is 9.18. The number of nitrogens with zero attached hydrogens (tertiary/aromatic N) is 3. The number of fused-ring (bicyclic) bond motifs is 2. The molecule has 0 amide bonds. The van der Waals surface area contributed by atoms with Crippen LogP contribution in [0.2, 0.25) is 5.02 Å². The molecule has 1 atom stereocenters. The normalized spacial score (nSPS) is 19.5. The van der Waals surface area contributed by atoms with Gasteiger partial charge in [0, 0.05) is 10.7 Å². The first-order valence-corrected chi connectivity index (χ1v) is 7.37. The van der Waals surface area contributed by atoms with Crippen molar-refractivity contribution in [2.24, 2.45) is 15.7 Å². The average Bonchev–Trinajstić information content (AvgIpc) is 2.53. The van der Waals surface area contributed by atoms with E-state index < -0.39 is 0 Å². The average molecular weight is 312 g/mol. The Bertz CT molecular complexity index is 781. The van der Waals surface area contributed by atoms with Gasteiger partial charge < -0.3 is 16.0 Å². The van der Waals surface area contributed by atoms with Crippen molar-refractivity contribution in [3.05, 3.63) is 64.7 Å². The highest BCUT2D eigenvalue weighted by molar-refractivity contribution is 6.30. The summed E-state index contributed by atoms with van der Waals surface area (Å²) >= 11 is 5.97. The fraction of sp³-hybridized carbons (Fsp3) is 0.125. The van der Waals surface area contributed by atoms with Gasteiger partial charge in [-0.3, -0.25) is 0 Å². The zero-order valence-corrected chi connectivity index (χ0v) is 12.5. The Morgan fingerprint density at radius 3 is 2.73 bits per heavy atom. The Balaban J connectivity index is 1.75. The monoisotopic (exact) mass is 311 g/mol. The van der Waals surface area contributed by atoms with Gasteiger partial charge in [-0.05, 0) is 29.3 Å². The molecule has 0 spiro atoms. The van der Waals surface area contributed by atoms with Crippen LogP contribution < -0.4 is 11.1 Å². The molecule has 2 aromatic carbocycles. The van der Waals surface area contributed by atoms with Crippen LogP contribution in [0.15, 0.2) is 58.5 Å². The number of nitrogens with one attached hydrogen (secondary N) is 1. The first-order chi connectivity index (χ1) is 10.7. The van der Waals surface area contributed by atoms with E-state index in [2.05, 4.69) is 26.3 Å². The van der Waals surface area contributed by atoms with Crippen LogP contribution in [0.25, 0.3) is 0 Å². The third-order valence-corrected chi connectivity index (χ3v) is 4.07. The van der Waals surface area contributed by atoms with Gasteiger partial charge in [-0.1, -0.05) is 41.9 Å². The minimum Gasteiger partial charge on any atom is -0.368 e. The van der Waals surface area contributed by atoms with Gasteiger partial charge in [0.1, 0.15) is 0 Å². The molecule has 2 aliphatic heterocycles. The van der Waals surface area contributed by atoms with E-state index in [1.165, 1.54) is 5.56 Å². The molecular formula is C16H14ClN5. The molecule has 3 N–H and O–H groups in total. The van der Waals surface area contributed by atoms with Crippen molar-refractivity contribution in [2.75, 3.05) is 5.32 Å². The SMILES string of the molecule is NC1=NC(c2ccc(Cl)cc2)N2Cc3ccccc3NC2=N1. The van der Waals surface area contributed by atoms with E-state index in [1.54, 1.807) is 0 Å². The van der Waals surface area contributed by atoms with Crippen molar-refractivity contribution in [3.63, 3.8) is 0 Å². The zero-order chi connectivity index (χ0) is 15.1. The second kappa shape index (κ2) is 5.03. The highest BCUT2D eigenvalue weighted by Gasteiger charge is 2.31. The fourth-order valence-corrected chi connectivity index (χ4v) is 2.87. The molecule has 2 aromatic rings. The molecule has 2 heterocycles. The molecule has 4 rings (SSSR count). The minimum atomic E-state index is -0.203. The lowest BCUT2D eigenvalue weighted by atomic mass is 10.1. The maximum absolute atomic E-state index is 5.97. The van der Waals surface area contributed by atoms with Crippen molar-refractivity contribution in [3.8, 4) is 0 Å². The van der Waals surface area contributed by atoms with E-state index >= 15 is 0 Å². The topological polar surface area (TPSA) is 66.0 Å². The summed E-state index contributed by atoms with van der Waals surface area (Å²) < 4.78 is 0. The van der Waals surface area contributed by atoms with Crippen LogP contribution in [-0.4, -0.2) is 16.8 Å². The van der Waals surface area contributed by atoms with Gasteiger partial charge in [0.05, 0.1) is 6.54 Å². The second-order valence-corrected chi connectivity index (χ2v) is 5.69. The zero-order valence-electron chi connectivity index (χ0n) is 11.7. The maximum Gasteiger partial charge on any atom is 0.220 e. The van der Waals surface area contributed by atoms with Gasteiger partial charge in [0.15, 0.2) is 6.17 Å². The van der Waals surface area contributed by atoms with Gasteiger partial charge in [0.25, 0.3) is 0 Å². The summed E-state index contributed by atoms with van der Waals surface area (Å²) in [5.74, 6) is 1.00. The van der Waals surface area contributed by atoms with Crippen LogP contribution in [0.5, 0.6) is 0 Å². The van der Waals surface area contributed by atoms with Crippen LogP contribution in [-0.2, 0) is 6.54 Å². The number of nitrogens with two attached hydrogens (primary N) is 1. The summed E-state index contributed by atoms with van der Waals surface area (Å²) in [6.07, 6.45) is -0.203. The van der Waals surface area contributed by atoms with Crippen molar-refractivity contribution in [1.29, 1.82) is 0 Å². The van der Waals surface area contributed by atoms with Crippen molar-refractivity contribution >= 4 is 29.2 Å². The number of benzene rings is 2. The predicted octanol–water partition coefficient (Wildman–Crippen LogP) is 2.95. The maximum atomic E-state index is 5.97. The Morgan fingerprint density at radius 2 is 1.91 bits per heavy atom. The largest absolute Gasteiger partial charge is 0.368 e. The van der Waals surface area contributed by atoms with Gasteiger partial charge in [-0.25, -0.2) is 4.99 Å². The smallest absolute Gasteiger partial charge is 0.220 e. The van der Waals surface area contributed by atoms with Crippen LogP contribution in [0, 0.1) is 0 Å². The number of anilines is 1. The lowest BCUT2D eigenvalue weighted by Crippen LogP contribution is -2.45. The summed E-state index contributed by atoms with van der Waals surface area (Å²) in [5, 5.41) is 4.03. The lowest BCUT2D eigenvalue weighted by molar-refractivity contribution is 0.308. The number of hydrogen-bond acceptors (Lipinski definition) is 5. The molecule has 2 aliphatic rings. The van der Waals surface area contributed by atoms with E-state index in [0.29, 0.717) is 5.02 Å². The Kier molecular flexibility index (Phi) is 3.01. The van der Waals surface area contributed by atoms with Gasteiger partial charge >= 0.3 is 0 Å². The molecule has 110 valence electrons. The predicted molar refractivity (Wildman–Crippen MR) is 88.9 cm³/mol. The summed E-state index contributed by atoms with van der Waals surface area (Å²) in [4.78, 5) is 10.9. The Hall–Kier alpha value is -2.53. The highest BCUT2D eigenvalue weighted by atomic mass is 35.5. The molecule has 0 aromatic heterocycles. The van der Waals surface area contributed by atoms with Gasteiger partial charge in [-0.2, -0.15) is 4.99 Å². The number of halogens is 1. The second-order valence-electron chi connectivity index (χ2n) is 5.26. The van der Waals surface area contributed by atoms with E-state index in [-0.39, 0.29) is 12.1 Å². The standard InChI is InChI=1S/C16H14ClN5/c17-12-7-5-10(6-8-12)14-20-15(18)21-16-19-13-4-2-1-3-11(13)9-22(14)16/h1-8,14H,9H2,(H3,18,19,20,21). The minimum absolute atomic E-state index is 0.203. The molecule has 1 unspecified atom stereocenters. The van der Waals surface area contributed by atoms with E-state index in [0.717, 1.165) is 23.8 Å². The van der Waals surface area contributed by atoms with E-state index in [4.69, 9.17) is 17.3 Å². The summed E-state index contributed by atoms with van der Waals surface area (Å²) in [6.45, 7) is 0.728. The molecule has 6 heteroatoms. The lowest BCUT2D eigenvalue weighted by Gasteiger charge is -2.38. The van der Waals surface area contributed by atoms with Crippen LogP contribution in [0.4, 0.5) is 5.69 Å². The van der Waals surface area contributed by atoms with Crippen molar-refractivity contribution in [1.82, 2.24) is 4.90 Å². The van der Waals surface area contributed by atoms with Crippen molar-refractivity contribution < 1.29 is 0 Å². The number of hydrogen-bond donors (Lipinski definition) is 2. The van der Waals surface area contributed by atoms with E-state index in [1.807, 2.05) is 42.5 Å². The number of rotatable bonds is 1. The van der Waals surface area contributed by atoms with Gasteiger partial charge in [-0.15, -0.1) is 0 Å². The summed E-state index contributed by atoms with van der Waals surface area (Å²) in [6, 6.07) is 15.8.